The van der Waals surface area contributed by atoms with Crippen molar-refractivity contribution in [3.05, 3.63) is 77.1 Å². The minimum Gasteiger partial charge on any atom is -0.330 e. The van der Waals surface area contributed by atoms with Crippen LogP contribution in [-0.4, -0.2) is 15.8 Å². The lowest BCUT2D eigenvalue weighted by Gasteiger charge is -2.22. The van der Waals surface area contributed by atoms with Gasteiger partial charge in [0.05, 0.1) is 0 Å². The zero-order chi connectivity index (χ0) is 15.9. The van der Waals surface area contributed by atoms with Crippen LogP contribution in [0.4, 0.5) is 0 Å². The molecule has 0 unspecified atom stereocenters. The Bertz CT molecular complexity index is 658. The summed E-state index contributed by atoms with van der Waals surface area (Å²) >= 11 is 0. The molecule has 3 nitrogen and oxygen atoms in total. The smallest absolute Gasteiger partial charge is 0.247 e. The molecule has 1 amide bonds. The van der Waals surface area contributed by atoms with Crippen LogP contribution in [0.1, 0.15) is 30.5 Å². The van der Waals surface area contributed by atoms with Crippen LogP contribution >= 0.6 is 0 Å². The standard InChI is InChI=1S/C19H22N2O/c1-15(2)11-19(22)21(13-17-8-6-10-20-12-17)14-18-9-5-4-7-16(18)3/h4-12H,13-14H2,1-3H3. The maximum absolute atomic E-state index is 12.5. The van der Waals surface area contributed by atoms with Crippen LogP contribution in [0.3, 0.4) is 0 Å². The van der Waals surface area contributed by atoms with Gasteiger partial charge in [-0.2, -0.15) is 0 Å². The minimum absolute atomic E-state index is 0.0344. The third-order valence-electron chi connectivity index (χ3n) is 3.44. The van der Waals surface area contributed by atoms with Crippen molar-refractivity contribution in [1.82, 2.24) is 9.88 Å². The molecule has 114 valence electrons. The molecule has 22 heavy (non-hydrogen) atoms. The highest BCUT2D eigenvalue weighted by Crippen LogP contribution is 2.14. The van der Waals surface area contributed by atoms with Crippen LogP contribution in [0.5, 0.6) is 0 Å². The number of pyridine rings is 1. The van der Waals surface area contributed by atoms with Gasteiger partial charge in [0.2, 0.25) is 5.91 Å². The van der Waals surface area contributed by atoms with E-state index in [0.717, 1.165) is 11.1 Å². The van der Waals surface area contributed by atoms with Crippen LogP contribution in [0.25, 0.3) is 0 Å². The summed E-state index contributed by atoms with van der Waals surface area (Å²) < 4.78 is 0. The van der Waals surface area contributed by atoms with Crippen LogP contribution < -0.4 is 0 Å². The number of aryl methyl sites for hydroxylation is 1. The lowest BCUT2D eigenvalue weighted by molar-refractivity contribution is -0.127. The second kappa shape index (κ2) is 7.55. The van der Waals surface area contributed by atoms with Gasteiger partial charge in [0, 0.05) is 31.6 Å². The largest absolute Gasteiger partial charge is 0.330 e. The quantitative estimate of drug-likeness (QED) is 0.784. The fourth-order valence-corrected chi connectivity index (χ4v) is 2.26. The summed E-state index contributed by atoms with van der Waals surface area (Å²) in [6, 6.07) is 12.1. The molecule has 0 spiro atoms. The lowest BCUT2D eigenvalue weighted by Crippen LogP contribution is -2.29. The van der Waals surface area contributed by atoms with Crippen molar-refractivity contribution in [2.45, 2.75) is 33.9 Å². The van der Waals surface area contributed by atoms with Crippen LogP contribution in [0.2, 0.25) is 0 Å². The van der Waals surface area contributed by atoms with E-state index in [-0.39, 0.29) is 5.91 Å². The summed E-state index contributed by atoms with van der Waals surface area (Å²) in [4.78, 5) is 18.5. The molecular formula is C19H22N2O. The maximum Gasteiger partial charge on any atom is 0.247 e. The number of benzene rings is 1. The number of aromatic nitrogens is 1. The summed E-state index contributed by atoms with van der Waals surface area (Å²) in [5, 5.41) is 0. The van der Waals surface area contributed by atoms with Gasteiger partial charge in [-0.25, -0.2) is 0 Å². The Labute approximate surface area is 132 Å². The summed E-state index contributed by atoms with van der Waals surface area (Å²) in [6.45, 7) is 7.11. The Morgan fingerprint density at radius 3 is 2.55 bits per heavy atom. The fourth-order valence-electron chi connectivity index (χ4n) is 2.26. The number of rotatable bonds is 5. The molecule has 0 aliphatic heterocycles. The van der Waals surface area contributed by atoms with Crippen molar-refractivity contribution in [3.8, 4) is 0 Å². The molecule has 2 aromatic rings. The number of carbonyl (C=O) groups excluding carboxylic acids is 1. The number of nitrogens with zero attached hydrogens (tertiary/aromatic N) is 2. The molecule has 0 bridgehead atoms. The lowest BCUT2D eigenvalue weighted by atomic mass is 10.1. The third kappa shape index (κ3) is 4.55. The molecule has 0 aliphatic carbocycles. The average molecular weight is 294 g/mol. The summed E-state index contributed by atoms with van der Waals surface area (Å²) in [7, 11) is 0. The zero-order valence-corrected chi connectivity index (χ0v) is 13.4. The Kier molecular flexibility index (Phi) is 5.48. The minimum atomic E-state index is 0.0344. The van der Waals surface area contributed by atoms with Gasteiger partial charge in [0.25, 0.3) is 0 Å². The number of hydrogen-bond donors (Lipinski definition) is 0. The van der Waals surface area contributed by atoms with Crippen LogP contribution in [0, 0.1) is 6.92 Å². The Morgan fingerprint density at radius 1 is 1.14 bits per heavy atom. The fraction of sp³-hybridized carbons (Fsp3) is 0.263. The van der Waals surface area contributed by atoms with E-state index in [1.165, 1.54) is 11.1 Å². The van der Waals surface area contributed by atoms with Crippen LogP contribution in [0.15, 0.2) is 60.4 Å². The van der Waals surface area contributed by atoms with Crippen molar-refractivity contribution in [2.24, 2.45) is 0 Å². The molecule has 2 rings (SSSR count). The second-order valence-electron chi connectivity index (χ2n) is 5.70. The van der Waals surface area contributed by atoms with E-state index in [9.17, 15) is 4.79 Å². The number of allylic oxidation sites excluding steroid dienone is 1. The molecule has 0 aliphatic rings. The predicted molar refractivity (Wildman–Crippen MR) is 89.1 cm³/mol. The van der Waals surface area contributed by atoms with Crippen molar-refractivity contribution in [1.29, 1.82) is 0 Å². The van der Waals surface area contributed by atoms with E-state index in [0.29, 0.717) is 13.1 Å². The maximum atomic E-state index is 12.5. The first-order valence-corrected chi connectivity index (χ1v) is 7.43. The highest BCUT2D eigenvalue weighted by Gasteiger charge is 2.13. The van der Waals surface area contributed by atoms with E-state index < -0.39 is 0 Å². The van der Waals surface area contributed by atoms with Crippen molar-refractivity contribution in [3.63, 3.8) is 0 Å². The molecule has 0 radical (unpaired) electrons. The van der Waals surface area contributed by atoms with E-state index in [4.69, 9.17) is 0 Å². The normalized spacial score (nSPS) is 10.1. The Balaban J connectivity index is 2.23. The Morgan fingerprint density at radius 2 is 1.91 bits per heavy atom. The number of carbonyl (C=O) groups is 1. The topological polar surface area (TPSA) is 33.2 Å². The van der Waals surface area contributed by atoms with Gasteiger partial charge in [-0.1, -0.05) is 35.9 Å². The first-order chi connectivity index (χ1) is 10.6. The van der Waals surface area contributed by atoms with E-state index in [1.807, 2.05) is 43.0 Å². The molecule has 0 saturated heterocycles. The van der Waals surface area contributed by atoms with Gasteiger partial charge in [-0.05, 0) is 43.5 Å². The van der Waals surface area contributed by atoms with Crippen molar-refractivity contribution in [2.75, 3.05) is 0 Å². The molecule has 1 aromatic carbocycles. The SMILES string of the molecule is CC(C)=CC(=O)N(Cc1cccnc1)Cc1ccccc1C. The van der Waals surface area contributed by atoms with E-state index >= 15 is 0 Å². The highest BCUT2D eigenvalue weighted by atomic mass is 16.2. The number of amides is 1. The molecule has 3 heteroatoms. The molecule has 0 atom stereocenters. The monoisotopic (exact) mass is 294 g/mol. The van der Waals surface area contributed by atoms with Gasteiger partial charge < -0.3 is 4.90 Å². The van der Waals surface area contributed by atoms with Gasteiger partial charge in [-0.3, -0.25) is 9.78 Å². The molecule has 0 fully saturated rings. The van der Waals surface area contributed by atoms with Gasteiger partial charge in [0.15, 0.2) is 0 Å². The van der Waals surface area contributed by atoms with Gasteiger partial charge >= 0.3 is 0 Å². The van der Waals surface area contributed by atoms with Gasteiger partial charge in [-0.15, -0.1) is 0 Å². The van der Waals surface area contributed by atoms with Gasteiger partial charge in [0.1, 0.15) is 0 Å². The first-order valence-electron chi connectivity index (χ1n) is 7.43. The molecule has 0 N–H and O–H groups in total. The van der Waals surface area contributed by atoms with E-state index in [2.05, 4.69) is 24.0 Å². The van der Waals surface area contributed by atoms with E-state index in [1.54, 1.807) is 18.5 Å². The van der Waals surface area contributed by atoms with Crippen molar-refractivity contribution >= 4 is 5.91 Å². The Hall–Kier alpha value is -2.42. The summed E-state index contributed by atoms with van der Waals surface area (Å²) in [5.41, 5.74) is 4.41. The summed E-state index contributed by atoms with van der Waals surface area (Å²) in [6.07, 6.45) is 5.24. The summed E-state index contributed by atoms with van der Waals surface area (Å²) in [5.74, 6) is 0.0344. The van der Waals surface area contributed by atoms with Crippen molar-refractivity contribution < 1.29 is 4.79 Å². The molecule has 0 saturated carbocycles. The first kappa shape index (κ1) is 16.0. The molecular weight excluding hydrogens is 272 g/mol. The molecule has 1 heterocycles. The number of hydrogen-bond acceptors (Lipinski definition) is 2. The predicted octanol–water partition coefficient (Wildman–Crippen LogP) is 3.89. The molecule has 1 aromatic heterocycles. The zero-order valence-electron chi connectivity index (χ0n) is 13.4. The van der Waals surface area contributed by atoms with Crippen LogP contribution in [-0.2, 0) is 17.9 Å². The average Bonchev–Trinajstić information content (AvgIpc) is 2.49. The second-order valence-corrected chi connectivity index (χ2v) is 5.70. The third-order valence-corrected chi connectivity index (χ3v) is 3.44. The highest BCUT2D eigenvalue weighted by molar-refractivity contribution is 5.88.